The van der Waals surface area contributed by atoms with Crippen molar-refractivity contribution in [1.29, 1.82) is 0 Å². The number of amides is 1. The minimum absolute atomic E-state index is 0.103. The third-order valence-corrected chi connectivity index (χ3v) is 1.37. The first-order chi connectivity index (χ1) is 5.61. The van der Waals surface area contributed by atoms with Crippen molar-refractivity contribution in [2.45, 2.75) is 13.3 Å². The van der Waals surface area contributed by atoms with Gasteiger partial charge in [-0.3, -0.25) is 9.59 Å². The Kier molecular flexibility index (Phi) is 4.76. The minimum Gasteiger partial charge on any atom is -0.468 e. The van der Waals surface area contributed by atoms with Gasteiger partial charge in [0.25, 0.3) is 0 Å². The normalized spacial score (nSPS) is 8.83. The van der Waals surface area contributed by atoms with Crippen molar-refractivity contribution in [1.82, 2.24) is 5.32 Å². The molecule has 0 heterocycles. The van der Waals surface area contributed by atoms with Gasteiger partial charge in [0.1, 0.15) is 6.54 Å². The molecule has 0 spiro atoms. The molecule has 0 atom stereocenters. The smallest absolute Gasteiger partial charge is 0.325 e. The molecule has 4 heteroatoms. The fraction of sp³-hybridized carbons (Fsp3) is 0.500. The molecule has 0 saturated carbocycles. The van der Waals surface area contributed by atoms with E-state index in [0.29, 0.717) is 12.0 Å². The van der Waals surface area contributed by atoms with Gasteiger partial charge in [0.2, 0.25) is 5.91 Å². The molecule has 0 aromatic carbocycles. The van der Waals surface area contributed by atoms with Crippen LogP contribution in [0.1, 0.15) is 13.3 Å². The number of methoxy groups -OCH3 is 1. The van der Waals surface area contributed by atoms with E-state index in [1.54, 1.807) is 0 Å². The molecule has 0 aromatic heterocycles. The van der Waals surface area contributed by atoms with Gasteiger partial charge in [-0.25, -0.2) is 0 Å². The highest BCUT2D eigenvalue weighted by molar-refractivity contribution is 5.94. The van der Waals surface area contributed by atoms with Gasteiger partial charge in [0.15, 0.2) is 0 Å². The molecule has 0 radical (unpaired) electrons. The lowest BCUT2D eigenvalue weighted by Crippen LogP contribution is -2.30. The largest absolute Gasteiger partial charge is 0.468 e. The van der Waals surface area contributed by atoms with Crippen molar-refractivity contribution in [3.8, 4) is 0 Å². The quantitative estimate of drug-likeness (QED) is 0.487. The second-order valence-electron chi connectivity index (χ2n) is 2.22. The van der Waals surface area contributed by atoms with E-state index < -0.39 is 5.97 Å². The summed E-state index contributed by atoms with van der Waals surface area (Å²) in [6.45, 7) is 5.23. The van der Waals surface area contributed by atoms with Gasteiger partial charge in [0.05, 0.1) is 7.11 Å². The molecule has 12 heavy (non-hydrogen) atoms. The molecule has 0 aromatic rings. The Labute approximate surface area is 71.6 Å². The van der Waals surface area contributed by atoms with E-state index >= 15 is 0 Å². The van der Waals surface area contributed by atoms with E-state index in [4.69, 9.17) is 0 Å². The predicted octanol–water partition coefficient (Wildman–Crippen LogP) is 0.242. The highest BCUT2D eigenvalue weighted by atomic mass is 16.5. The van der Waals surface area contributed by atoms with E-state index in [1.807, 2.05) is 6.92 Å². The summed E-state index contributed by atoms with van der Waals surface area (Å²) >= 11 is 0. The van der Waals surface area contributed by atoms with Crippen molar-refractivity contribution >= 4 is 11.9 Å². The van der Waals surface area contributed by atoms with Gasteiger partial charge in [0, 0.05) is 5.57 Å². The first-order valence-corrected chi connectivity index (χ1v) is 3.64. The maximum atomic E-state index is 11.0. The number of hydrogen-bond donors (Lipinski definition) is 1. The second kappa shape index (κ2) is 5.35. The van der Waals surface area contributed by atoms with Crippen molar-refractivity contribution in [3.63, 3.8) is 0 Å². The van der Waals surface area contributed by atoms with E-state index in [2.05, 4.69) is 16.6 Å². The van der Waals surface area contributed by atoms with Crippen molar-refractivity contribution in [3.05, 3.63) is 12.2 Å². The van der Waals surface area contributed by atoms with Crippen LogP contribution in [0.15, 0.2) is 12.2 Å². The molecule has 0 aliphatic rings. The van der Waals surface area contributed by atoms with Gasteiger partial charge in [-0.05, 0) is 6.42 Å². The Morgan fingerprint density at radius 2 is 2.08 bits per heavy atom. The fourth-order valence-electron chi connectivity index (χ4n) is 0.510. The first kappa shape index (κ1) is 10.7. The lowest BCUT2D eigenvalue weighted by molar-refractivity contribution is -0.140. The van der Waals surface area contributed by atoms with Gasteiger partial charge >= 0.3 is 5.97 Å². The van der Waals surface area contributed by atoms with Crippen LogP contribution in [0.2, 0.25) is 0 Å². The molecule has 0 bridgehead atoms. The molecule has 0 rings (SSSR count). The number of rotatable bonds is 4. The van der Waals surface area contributed by atoms with Gasteiger partial charge in [-0.1, -0.05) is 13.5 Å². The zero-order valence-electron chi connectivity index (χ0n) is 7.35. The van der Waals surface area contributed by atoms with Gasteiger partial charge in [-0.15, -0.1) is 0 Å². The van der Waals surface area contributed by atoms with Crippen LogP contribution >= 0.6 is 0 Å². The Balaban J connectivity index is 3.72. The fourth-order valence-corrected chi connectivity index (χ4v) is 0.510. The average Bonchev–Trinajstić information content (AvgIpc) is 2.11. The number of ether oxygens (including phenoxy) is 1. The van der Waals surface area contributed by atoms with E-state index in [1.165, 1.54) is 7.11 Å². The summed E-state index contributed by atoms with van der Waals surface area (Å²) in [7, 11) is 1.27. The van der Waals surface area contributed by atoms with E-state index in [-0.39, 0.29) is 12.5 Å². The van der Waals surface area contributed by atoms with Crippen LogP contribution < -0.4 is 5.32 Å². The third kappa shape index (κ3) is 3.75. The lowest BCUT2D eigenvalue weighted by Gasteiger charge is -2.03. The predicted molar refractivity (Wildman–Crippen MR) is 44.5 cm³/mol. The molecule has 0 unspecified atom stereocenters. The Morgan fingerprint density at radius 3 is 2.50 bits per heavy atom. The van der Waals surface area contributed by atoms with E-state index in [9.17, 15) is 9.59 Å². The number of esters is 1. The summed E-state index contributed by atoms with van der Waals surface area (Å²) in [5, 5.41) is 2.37. The van der Waals surface area contributed by atoms with Crippen LogP contribution in [0.4, 0.5) is 0 Å². The van der Waals surface area contributed by atoms with Crippen LogP contribution in [0.5, 0.6) is 0 Å². The van der Waals surface area contributed by atoms with Crippen molar-refractivity contribution in [2.75, 3.05) is 13.7 Å². The number of carbonyl (C=O) groups is 2. The zero-order valence-corrected chi connectivity index (χ0v) is 7.35. The summed E-state index contributed by atoms with van der Waals surface area (Å²) in [6.07, 6.45) is 0.576. The lowest BCUT2D eigenvalue weighted by atomic mass is 10.2. The summed E-state index contributed by atoms with van der Waals surface area (Å²) < 4.78 is 4.33. The van der Waals surface area contributed by atoms with Crippen molar-refractivity contribution < 1.29 is 14.3 Å². The molecule has 1 N–H and O–H groups in total. The maximum absolute atomic E-state index is 11.0. The highest BCUT2D eigenvalue weighted by Crippen LogP contribution is 1.94. The monoisotopic (exact) mass is 171 g/mol. The van der Waals surface area contributed by atoms with Crippen LogP contribution in [-0.4, -0.2) is 25.5 Å². The summed E-state index contributed by atoms with van der Waals surface area (Å²) in [5.74, 6) is -0.768. The Hall–Kier alpha value is -1.32. The van der Waals surface area contributed by atoms with Crippen LogP contribution in [0, 0.1) is 0 Å². The molecule has 1 amide bonds. The average molecular weight is 171 g/mol. The highest BCUT2D eigenvalue weighted by Gasteiger charge is 2.06. The molecule has 0 fully saturated rings. The maximum Gasteiger partial charge on any atom is 0.325 e. The molecule has 0 aliphatic heterocycles. The molecular formula is C8H13NO3. The Morgan fingerprint density at radius 1 is 1.50 bits per heavy atom. The van der Waals surface area contributed by atoms with Crippen LogP contribution in [-0.2, 0) is 14.3 Å². The van der Waals surface area contributed by atoms with Gasteiger partial charge < -0.3 is 10.1 Å². The summed E-state index contributed by atoms with van der Waals surface area (Å²) in [4.78, 5) is 21.5. The van der Waals surface area contributed by atoms with E-state index in [0.717, 1.165) is 0 Å². The molecular weight excluding hydrogens is 158 g/mol. The summed E-state index contributed by atoms with van der Waals surface area (Å²) in [6, 6.07) is 0. The SMILES string of the molecule is C=C(CC)C(=O)NCC(=O)OC. The molecule has 68 valence electrons. The third-order valence-electron chi connectivity index (χ3n) is 1.37. The van der Waals surface area contributed by atoms with Crippen molar-refractivity contribution in [2.24, 2.45) is 0 Å². The number of nitrogens with one attached hydrogen (secondary N) is 1. The molecule has 0 aliphatic carbocycles. The molecule has 0 saturated heterocycles. The summed E-state index contributed by atoms with van der Waals surface area (Å²) in [5.41, 5.74) is 0.457. The molecule has 4 nitrogen and oxygen atoms in total. The van der Waals surface area contributed by atoms with Crippen LogP contribution in [0.3, 0.4) is 0 Å². The minimum atomic E-state index is -0.466. The second-order valence-corrected chi connectivity index (χ2v) is 2.22. The number of hydrogen-bond acceptors (Lipinski definition) is 3. The number of carbonyl (C=O) groups excluding carboxylic acids is 2. The topological polar surface area (TPSA) is 55.4 Å². The van der Waals surface area contributed by atoms with Gasteiger partial charge in [-0.2, -0.15) is 0 Å². The zero-order chi connectivity index (χ0) is 9.56. The van der Waals surface area contributed by atoms with Crippen LogP contribution in [0.25, 0.3) is 0 Å². The standard InChI is InChI=1S/C8H13NO3/c1-4-6(2)8(11)9-5-7(10)12-3/h2,4-5H2,1,3H3,(H,9,11). The Bertz CT molecular complexity index is 198. The first-order valence-electron chi connectivity index (χ1n) is 3.64.